The molecule has 1 aliphatic carbocycles. The molecule has 4 heterocycles. The van der Waals surface area contributed by atoms with Crippen LogP contribution in [0.3, 0.4) is 0 Å². The molecule has 1 saturated heterocycles. The maximum Gasteiger partial charge on any atom is 0.280 e. The normalized spacial score (nSPS) is 22.5. The van der Waals surface area contributed by atoms with Crippen molar-refractivity contribution in [3.8, 4) is 0 Å². The van der Waals surface area contributed by atoms with E-state index in [1.807, 2.05) is 11.5 Å². The van der Waals surface area contributed by atoms with Gasteiger partial charge in [0.2, 0.25) is 5.95 Å². The largest absolute Gasteiger partial charge is 0.381 e. The van der Waals surface area contributed by atoms with Crippen LogP contribution < -0.4 is 10.5 Å². The zero-order valence-corrected chi connectivity index (χ0v) is 14.8. The number of imidazole rings is 1. The molecule has 0 N–H and O–H groups in total. The number of nitrogens with zero attached hydrogens (tertiary/aromatic N) is 5. The minimum atomic E-state index is 0.0557. The highest BCUT2D eigenvalue weighted by Gasteiger charge is 2.48. The molecular weight excluding hydrogens is 318 g/mol. The second-order valence-electron chi connectivity index (χ2n) is 7.95. The van der Waals surface area contributed by atoms with Crippen LogP contribution in [0.5, 0.6) is 0 Å². The van der Waals surface area contributed by atoms with Crippen molar-refractivity contribution in [2.75, 3.05) is 31.2 Å². The first-order valence-electron chi connectivity index (χ1n) is 9.49. The van der Waals surface area contributed by atoms with E-state index < -0.39 is 0 Å². The molecule has 2 aromatic rings. The number of aromatic nitrogens is 4. The Morgan fingerprint density at radius 2 is 2.08 bits per heavy atom. The van der Waals surface area contributed by atoms with Gasteiger partial charge in [-0.05, 0) is 31.6 Å². The molecule has 5 rings (SSSR count). The zero-order chi connectivity index (χ0) is 17.0. The van der Waals surface area contributed by atoms with E-state index in [-0.39, 0.29) is 11.0 Å². The molecule has 25 heavy (non-hydrogen) atoms. The fraction of sp³-hybridized carbons (Fsp3) is 0.722. The fourth-order valence-corrected chi connectivity index (χ4v) is 4.37. The summed E-state index contributed by atoms with van der Waals surface area (Å²) in [5.74, 6) is 2.31. The first-order valence-corrected chi connectivity index (χ1v) is 9.49. The Morgan fingerprint density at radius 1 is 1.28 bits per heavy atom. The van der Waals surface area contributed by atoms with Gasteiger partial charge in [-0.15, -0.1) is 5.10 Å². The average molecular weight is 343 g/mol. The molecule has 2 fully saturated rings. The number of aryl methyl sites for hydroxylation is 1. The van der Waals surface area contributed by atoms with Crippen LogP contribution in [-0.4, -0.2) is 45.5 Å². The van der Waals surface area contributed by atoms with Crippen molar-refractivity contribution in [3.63, 3.8) is 0 Å². The molecule has 0 amide bonds. The number of hydrogen-bond donors (Lipinski definition) is 0. The standard InChI is InChI=1S/C18H25N5O2/c1-2-15-19-9-14-16(24)22-12-18(5-6-18)11-21(17(22)20-23(14)15)10-13-3-7-25-8-4-13/h9,13H,2-8,10-12H2,1H3. The summed E-state index contributed by atoms with van der Waals surface area (Å²) in [5.41, 5.74) is 0.944. The molecule has 7 heteroatoms. The summed E-state index contributed by atoms with van der Waals surface area (Å²) >= 11 is 0. The number of fused-ring (bicyclic) bond motifs is 2. The van der Waals surface area contributed by atoms with Gasteiger partial charge in [-0.3, -0.25) is 9.36 Å². The smallest absolute Gasteiger partial charge is 0.280 e. The van der Waals surface area contributed by atoms with Crippen LogP contribution in [0.4, 0.5) is 5.95 Å². The van der Waals surface area contributed by atoms with Crippen LogP contribution in [0.25, 0.3) is 5.52 Å². The monoisotopic (exact) mass is 343 g/mol. The summed E-state index contributed by atoms with van der Waals surface area (Å²) in [6.07, 6.45) is 7.08. The molecule has 0 unspecified atom stereocenters. The molecule has 3 aliphatic rings. The molecule has 0 atom stereocenters. The number of anilines is 1. The van der Waals surface area contributed by atoms with Gasteiger partial charge in [0.25, 0.3) is 5.56 Å². The summed E-state index contributed by atoms with van der Waals surface area (Å²) in [6.45, 7) is 6.56. The van der Waals surface area contributed by atoms with Crippen LogP contribution in [0, 0.1) is 11.3 Å². The molecule has 0 aromatic carbocycles. The van der Waals surface area contributed by atoms with E-state index in [1.165, 1.54) is 12.8 Å². The Bertz CT molecular complexity index is 860. The van der Waals surface area contributed by atoms with E-state index >= 15 is 0 Å². The van der Waals surface area contributed by atoms with E-state index in [0.29, 0.717) is 11.4 Å². The van der Waals surface area contributed by atoms with Gasteiger partial charge in [0.15, 0.2) is 5.52 Å². The lowest BCUT2D eigenvalue weighted by molar-refractivity contribution is 0.0674. The van der Waals surface area contributed by atoms with Gasteiger partial charge in [-0.1, -0.05) is 6.92 Å². The lowest BCUT2D eigenvalue weighted by atomic mass is 9.97. The van der Waals surface area contributed by atoms with Crippen LogP contribution in [0.15, 0.2) is 11.0 Å². The SMILES string of the molecule is CCc1ncc2c(=O)n3c(nn12)N(CC1CCOCC1)CC1(CC1)C3. The first kappa shape index (κ1) is 15.4. The highest BCUT2D eigenvalue weighted by molar-refractivity contribution is 5.47. The van der Waals surface area contributed by atoms with Crippen molar-refractivity contribution < 1.29 is 4.74 Å². The molecule has 0 bridgehead atoms. The van der Waals surface area contributed by atoms with Crippen molar-refractivity contribution in [2.45, 2.75) is 45.6 Å². The minimum absolute atomic E-state index is 0.0557. The Morgan fingerprint density at radius 3 is 2.80 bits per heavy atom. The maximum absolute atomic E-state index is 13.1. The van der Waals surface area contributed by atoms with Crippen molar-refractivity contribution in [1.82, 2.24) is 19.2 Å². The molecule has 7 nitrogen and oxygen atoms in total. The van der Waals surface area contributed by atoms with Crippen LogP contribution in [-0.2, 0) is 17.7 Å². The predicted molar refractivity (Wildman–Crippen MR) is 94.0 cm³/mol. The van der Waals surface area contributed by atoms with E-state index in [2.05, 4.69) is 9.88 Å². The average Bonchev–Trinajstić information content (AvgIpc) is 3.23. The molecule has 0 radical (unpaired) electrons. The molecule has 134 valence electrons. The van der Waals surface area contributed by atoms with Crippen LogP contribution in [0.2, 0.25) is 0 Å². The predicted octanol–water partition coefficient (Wildman–Crippen LogP) is 1.48. The highest BCUT2D eigenvalue weighted by Crippen LogP contribution is 2.50. The number of hydrogen-bond acceptors (Lipinski definition) is 5. The van der Waals surface area contributed by atoms with E-state index in [9.17, 15) is 4.79 Å². The fourth-order valence-electron chi connectivity index (χ4n) is 4.37. The highest BCUT2D eigenvalue weighted by atomic mass is 16.5. The summed E-state index contributed by atoms with van der Waals surface area (Å²) in [5, 5.41) is 4.86. The third-order valence-corrected chi connectivity index (χ3v) is 6.10. The van der Waals surface area contributed by atoms with Crippen molar-refractivity contribution in [1.29, 1.82) is 0 Å². The second kappa shape index (κ2) is 5.56. The van der Waals surface area contributed by atoms with E-state index in [1.54, 1.807) is 10.7 Å². The molecule has 2 aromatic heterocycles. The first-order chi connectivity index (χ1) is 12.2. The van der Waals surface area contributed by atoms with E-state index in [4.69, 9.17) is 9.84 Å². The Balaban J connectivity index is 1.59. The van der Waals surface area contributed by atoms with Gasteiger partial charge < -0.3 is 9.64 Å². The molecular formula is C18H25N5O2. The second-order valence-corrected chi connectivity index (χ2v) is 7.95. The Hall–Kier alpha value is -1.89. The number of rotatable bonds is 3. The molecule has 1 saturated carbocycles. The quantitative estimate of drug-likeness (QED) is 0.845. The zero-order valence-electron chi connectivity index (χ0n) is 14.8. The van der Waals surface area contributed by atoms with Crippen LogP contribution in [0.1, 0.15) is 38.4 Å². The van der Waals surface area contributed by atoms with Crippen molar-refractivity contribution >= 4 is 11.5 Å². The summed E-state index contributed by atoms with van der Waals surface area (Å²) in [4.78, 5) is 19.8. The van der Waals surface area contributed by atoms with Gasteiger partial charge >= 0.3 is 0 Å². The molecule has 2 aliphatic heterocycles. The summed E-state index contributed by atoms with van der Waals surface area (Å²) in [7, 11) is 0. The third-order valence-electron chi connectivity index (χ3n) is 6.10. The minimum Gasteiger partial charge on any atom is -0.381 e. The third kappa shape index (κ3) is 2.47. The lowest BCUT2D eigenvalue weighted by Gasteiger charge is -2.38. The van der Waals surface area contributed by atoms with Crippen molar-refractivity contribution in [3.05, 3.63) is 22.4 Å². The van der Waals surface area contributed by atoms with Gasteiger partial charge in [0.1, 0.15) is 5.82 Å². The lowest BCUT2D eigenvalue weighted by Crippen LogP contribution is -2.47. The van der Waals surface area contributed by atoms with Gasteiger partial charge in [-0.25, -0.2) is 9.50 Å². The maximum atomic E-state index is 13.1. The van der Waals surface area contributed by atoms with Crippen molar-refractivity contribution in [2.24, 2.45) is 11.3 Å². The van der Waals surface area contributed by atoms with Crippen LogP contribution >= 0.6 is 0 Å². The van der Waals surface area contributed by atoms with Gasteiger partial charge in [0, 0.05) is 44.7 Å². The van der Waals surface area contributed by atoms with E-state index in [0.717, 1.165) is 63.9 Å². The topological polar surface area (TPSA) is 64.7 Å². The Labute approximate surface area is 146 Å². The van der Waals surface area contributed by atoms with Gasteiger partial charge in [-0.2, -0.15) is 0 Å². The summed E-state index contributed by atoms with van der Waals surface area (Å²) < 4.78 is 9.18. The van der Waals surface area contributed by atoms with Gasteiger partial charge in [0.05, 0.1) is 6.20 Å². The molecule has 1 spiro atoms. The Kier molecular flexibility index (Phi) is 3.42. The number of ether oxygens (including phenoxy) is 1. The summed E-state index contributed by atoms with van der Waals surface area (Å²) in [6, 6.07) is 0.